The van der Waals surface area contributed by atoms with Gasteiger partial charge < -0.3 is 15.0 Å². The van der Waals surface area contributed by atoms with Crippen molar-refractivity contribution in [3.63, 3.8) is 0 Å². The van der Waals surface area contributed by atoms with Gasteiger partial charge in [0.15, 0.2) is 5.13 Å². The van der Waals surface area contributed by atoms with Crippen molar-refractivity contribution in [2.24, 2.45) is 0 Å². The van der Waals surface area contributed by atoms with Crippen LogP contribution in [0.15, 0.2) is 0 Å². The number of aryl methyl sites for hydroxylation is 2. The van der Waals surface area contributed by atoms with E-state index in [2.05, 4.69) is 10.3 Å². The molecule has 23 heavy (non-hydrogen) atoms. The molecule has 2 heterocycles. The molecule has 2 unspecified atom stereocenters. The number of aromatic nitrogens is 1. The van der Waals surface area contributed by atoms with Crippen LogP contribution < -0.4 is 5.32 Å². The van der Waals surface area contributed by atoms with Gasteiger partial charge >= 0.3 is 0 Å². The van der Waals surface area contributed by atoms with Gasteiger partial charge in [0.1, 0.15) is 11.9 Å². The molecule has 0 radical (unpaired) electrons. The Morgan fingerprint density at radius 1 is 1.52 bits per heavy atom. The molecule has 6 nitrogen and oxygen atoms in total. The molecule has 1 N–H and O–H groups in total. The van der Waals surface area contributed by atoms with Crippen molar-refractivity contribution in [2.45, 2.75) is 45.1 Å². The number of nitrogens with one attached hydrogen (secondary N) is 1. The van der Waals surface area contributed by atoms with Gasteiger partial charge in [-0.15, -0.1) is 22.9 Å². The first-order valence-corrected chi connectivity index (χ1v) is 8.90. The number of anilines is 1. The van der Waals surface area contributed by atoms with Crippen molar-refractivity contribution in [1.82, 2.24) is 9.88 Å². The zero-order valence-corrected chi connectivity index (χ0v) is 15.2. The summed E-state index contributed by atoms with van der Waals surface area (Å²) in [6.07, 6.45) is 1.85. The van der Waals surface area contributed by atoms with Crippen LogP contribution >= 0.6 is 22.9 Å². The number of carbonyl (C=O) groups is 2. The highest BCUT2D eigenvalue weighted by atomic mass is 35.5. The topological polar surface area (TPSA) is 71.5 Å². The minimum Gasteiger partial charge on any atom is -0.376 e. The molecule has 1 aromatic heterocycles. The summed E-state index contributed by atoms with van der Waals surface area (Å²) in [6.45, 7) is 6.49. The summed E-state index contributed by atoms with van der Waals surface area (Å²) in [5, 5.41) is 2.62. The van der Waals surface area contributed by atoms with Crippen molar-refractivity contribution < 1.29 is 14.3 Å². The number of halogens is 1. The molecule has 2 rings (SSSR count). The normalized spacial score (nSPS) is 18.7. The van der Waals surface area contributed by atoms with Gasteiger partial charge in [-0.2, -0.15) is 0 Å². The molecule has 0 bridgehead atoms. The van der Waals surface area contributed by atoms with E-state index < -0.39 is 5.38 Å². The number of nitrogens with zero attached hydrogens (tertiary/aromatic N) is 2. The molecule has 1 aromatic rings. The van der Waals surface area contributed by atoms with E-state index in [1.54, 1.807) is 6.92 Å². The Bertz CT molecular complexity index is 551. The standard InChI is InChI=1S/C15H22ClN3O3S/c1-9(16)14(21)19(7-12-5-4-6-22-12)8-13(20)18-15-17-10(2)11(3)23-15/h9,12H,4-8H2,1-3H3,(H,17,18,20). The fraction of sp³-hybridized carbons (Fsp3) is 0.667. The predicted octanol–water partition coefficient (Wildman–Crippen LogP) is 2.33. The molecule has 0 saturated carbocycles. The highest BCUT2D eigenvalue weighted by molar-refractivity contribution is 7.15. The fourth-order valence-electron chi connectivity index (χ4n) is 2.38. The van der Waals surface area contributed by atoms with E-state index >= 15 is 0 Å². The second kappa shape index (κ2) is 8.08. The van der Waals surface area contributed by atoms with Crippen molar-refractivity contribution in [2.75, 3.05) is 25.0 Å². The summed E-state index contributed by atoms with van der Waals surface area (Å²) in [7, 11) is 0. The van der Waals surface area contributed by atoms with Gasteiger partial charge in [-0.05, 0) is 33.6 Å². The first-order chi connectivity index (χ1) is 10.9. The third-order valence-electron chi connectivity index (χ3n) is 3.71. The first-order valence-electron chi connectivity index (χ1n) is 7.65. The van der Waals surface area contributed by atoms with Crippen molar-refractivity contribution in [3.05, 3.63) is 10.6 Å². The van der Waals surface area contributed by atoms with Crippen LogP contribution in [0, 0.1) is 13.8 Å². The van der Waals surface area contributed by atoms with E-state index in [0.717, 1.165) is 23.4 Å². The zero-order valence-electron chi connectivity index (χ0n) is 13.6. The van der Waals surface area contributed by atoms with Crippen LogP contribution in [0.4, 0.5) is 5.13 Å². The fourth-order valence-corrected chi connectivity index (χ4v) is 3.35. The molecule has 2 amide bonds. The van der Waals surface area contributed by atoms with Crippen LogP contribution in [0.5, 0.6) is 0 Å². The van der Waals surface area contributed by atoms with Crippen molar-refractivity contribution >= 4 is 39.9 Å². The van der Waals surface area contributed by atoms with Gasteiger partial charge in [0, 0.05) is 18.0 Å². The van der Waals surface area contributed by atoms with Crippen LogP contribution in [0.3, 0.4) is 0 Å². The minimum absolute atomic E-state index is 0.0217. The van der Waals surface area contributed by atoms with Crippen LogP contribution in [-0.2, 0) is 14.3 Å². The van der Waals surface area contributed by atoms with Crippen LogP contribution in [-0.4, -0.2) is 52.9 Å². The maximum atomic E-state index is 12.2. The van der Waals surface area contributed by atoms with Gasteiger partial charge in [0.2, 0.25) is 11.8 Å². The Labute approximate surface area is 145 Å². The third-order valence-corrected chi connectivity index (χ3v) is 4.88. The van der Waals surface area contributed by atoms with Gasteiger partial charge in [-0.3, -0.25) is 9.59 Å². The Balaban J connectivity index is 1.97. The average Bonchev–Trinajstić information content (AvgIpc) is 3.08. The lowest BCUT2D eigenvalue weighted by molar-refractivity contribution is -0.135. The minimum atomic E-state index is -0.673. The second-order valence-corrected chi connectivity index (χ2v) is 7.54. The summed E-state index contributed by atoms with van der Waals surface area (Å²) in [5.41, 5.74) is 0.895. The largest absolute Gasteiger partial charge is 0.376 e. The lowest BCUT2D eigenvalue weighted by atomic mass is 10.2. The highest BCUT2D eigenvalue weighted by Gasteiger charge is 2.26. The Hall–Kier alpha value is -1.18. The summed E-state index contributed by atoms with van der Waals surface area (Å²) in [6, 6.07) is 0. The molecular weight excluding hydrogens is 338 g/mol. The average molecular weight is 360 g/mol. The number of hydrogen-bond acceptors (Lipinski definition) is 5. The van der Waals surface area contributed by atoms with Crippen molar-refractivity contribution in [1.29, 1.82) is 0 Å². The lowest BCUT2D eigenvalue weighted by Gasteiger charge is -2.25. The molecule has 1 aliphatic heterocycles. The summed E-state index contributed by atoms with van der Waals surface area (Å²) < 4.78 is 5.55. The Morgan fingerprint density at radius 2 is 2.26 bits per heavy atom. The second-order valence-electron chi connectivity index (χ2n) is 5.68. The SMILES string of the molecule is Cc1nc(NC(=O)CN(CC2CCCO2)C(=O)C(C)Cl)sc1C. The quantitative estimate of drug-likeness (QED) is 0.791. The van der Waals surface area contributed by atoms with E-state index in [1.807, 2.05) is 13.8 Å². The zero-order chi connectivity index (χ0) is 17.0. The maximum Gasteiger partial charge on any atom is 0.245 e. The molecule has 2 atom stereocenters. The number of alkyl halides is 1. The molecule has 1 fully saturated rings. The smallest absolute Gasteiger partial charge is 0.245 e. The van der Waals surface area contributed by atoms with Gasteiger partial charge in [-0.25, -0.2) is 4.98 Å². The number of rotatable bonds is 6. The summed E-state index contributed by atoms with van der Waals surface area (Å²) >= 11 is 7.32. The van der Waals surface area contributed by atoms with Crippen LogP contribution in [0.25, 0.3) is 0 Å². The first kappa shape index (κ1) is 18.2. The summed E-state index contributed by atoms with van der Waals surface area (Å²) in [4.78, 5) is 31.2. The van der Waals surface area contributed by atoms with Crippen molar-refractivity contribution in [3.8, 4) is 0 Å². The molecule has 8 heteroatoms. The number of thiazole rings is 1. The third kappa shape index (κ3) is 5.16. The number of hydrogen-bond donors (Lipinski definition) is 1. The lowest BCUT2D eigenvalue weighted by Crippen LogP contribution is -2.44. The Morgan fingerprint density at radius 3 is 2.78 bits per heavy atom. The molecule has 1 aliphatic rings. The number of ether oxygens (including phenoxy) is 1. The van der Waals surface area contributed by atoms with E-state index in [-0.39, 0.29) is 24.5 Å². The Kier molecular flexibility index (Phi) is 6.38. The molecule has 0 aromatic carbocycles. The van der Waals surface area contributed by atoms with E-state index in [4.69, 9.17) is 16.3 Å². The van der Waals surface area contributed by atoms with Crippen LogP contribution in [0.1, 0.15) is 30.3 Å². The number of amides is 2. The molecule has 1 saturated heterocycles. The van der Waals surface area contributed by atoms with Crippen LogP contribution in [0.2, 0.25) is 0 Å². The maximum absolute atomic E-state index is 12.2. The highest BCUT2D eigenvalue weighted by Crippen LogP contribution is 2.21. The van der Waals surface area contributed by atoms with Gasteiger partial charge in [-0.1, -0.05) is 0 Å². The monoisotopic (exact) mass is 359 g/mol. The molecule has 0 aliphatic carbocycles. The van der Waals surface area contributed by atoms with Gasteiger partial charge in [0.05, 0.1) is 11.8 Å². The number of carbonyl (C=O) groups excluding carboxylic acids is 2. The molecule has 0 spiro atoms. The van der Waals surface area contributed by atoms with Gasteiger partial charge in [0.25, 0.3) is 0 Å². The molecular formula is C15H22ClN3O3S. The summed E-state index contributed by atoms with van der Waals surface area (Å²) in [5.74, 6) is -0.536. The van der Waals surface area contributed by atoms with E-state index in [0.29, 0.717) is 18.3 Å². The molecule has 128 valence electrons. The predicted molar refractivity (Wildman–Crippen MR) is 91.1 cm³/mol. The van der Waals surface area contributed by atoms with E-state index in [9.17, 15) is 9.59 Å². The van der Waals surface area contributed by atoms with E-state index in [1.165, 1.54) is 16.2 Å².